The minimum absolute atomic E-state index is 0.157. The molecule has 0 heterocycles. The summed E-state index contributed by atoms with van der Waals surface area (Å²) < 4.78 is 25.7. The van der Waals surface area contributed by atoms with Crippen molar-refractivity contribution < 1.29 is 13.2 Å². The van der Waals surface area contributed by atoms with Crippen LogP contribution in [0.15, 0.2) is 53.4 Å². The van der Waals surface area contributed by atoms with Gasteiger partial charge in [0.2, 0.25) is 15.9 Å². The number of rotatable bonds is 6. The number of carbonyl (C=O) groups excluding carboxylic acids is 1. The number of likely N-dealkylation sites (N-methyl/N-ethyl adjacent to an activating group) is 1. The van der Waals surface area contributed by atoms with E-state index in [0.29, 0.717) is 5.69 Å². The van der Waals surface area contributed by atoms with E-state index < -0.39 is 10.0 Å². The van der Waals surface area contributed by atoms with Crippen LogP contribution in [-0.2, 0) is 21.2 Å². The summed E-state index contributed by atoms with van der Waals surface area (Å²) in [5.74, 6) is -0.162. The van der Waals surface area contributed by atoms with Crippen LogP contribution in [0.5, 0.6) is 0 Å². The lowest BCUT2D eigenvalue weighted by Crippen LogP contribution is -2.35. The molecule has 0 aliphatic heterocycles. The van der Waals surface area contributed by atoms with Gasteiger partial charge in [-0.25, -0.2) is 12.7 Å². The monoisotopic (exact) mass is 401 g/mol. The highest BCUT2D eigenvalue weighted by molar-refractivity contribution is 7.89. The molecule has 2 aromatic rings. The number of amides is 1. The third-order valence-corrected chi connectivity index (χ3v) is 6.97. The van der Waals surface area contributed by atoms with Gasteiger partial charge in [-0.05, 0) is 55.6 Å². The van der Waals surface area contributed by atoms with Gasteiger partial charge in [-0.1, -0.05) is 30.3 Å². The summed E-state index contributed by atoms with van der Waals surface area (Å²) in [7, 11) is 1.39. The van der Waals surface area contributed by atoms with Crippen molar-refractivity contribution >= 4 is 21.6 Å². The number of benzene rings is 2. The molecule has 0 unspecified atom stereocenters. The first-order valence-electron chi connectivity index (χ1n) is 9.39. The van der Waals surface area contributed by atoms with Crippen molar-refractivity contribution in [3.8, 4) is 0 Å². The quantitative estimate of drug-likeness (QED) is 0.808. The number of carbonyl (C=O) groups is 1. The van der Waals surface area contributed by atoms with Gasteiger partial charge in [0.25, 0.3) is 0 Å². The van der Waals surface area contributed by atoms with Crippen LogP contribution < -0.4 is 5.32 Å². The molecule has 0 saturated heterocycles. The van der Waals surface area contributed by atoms with E-state index in [4.69, 9.17) is 0 Å². The molecule has 0 bridgehead atoms. The number of hydrogen-bond acceptors (Lipinski definition) is 4. The molecule has 0 saturated carbocycles. The Hall–Kier alpha value is -2.22. The molecule has 0 radical (unpaired) electrons. The van der Waals surface area contributed by atoms with Crippen LogP contribution in [-0.4, -0.2) is 51.2 Å². The largest absolute Gasteiger partial charge is 0.325 e. The molecule has 1 aliphatic carbocycles. The van der Waals surface area contributed by atoms with E-state index >= 15 is 0 Å². The predicted molar refractivity (Wildman–Crippen MR) is 111 cm³/mol. The first kappa shape index (κ1) is 20.5. The fraction of sp³-hybridized carbons (Fsp3) is 0.381. The maximum absolute atomic E-state index is 12.6. The molecule has 1 N–H and O–H groups in total. The van der Waals surface area contributed by atoms with Crippen LogP contribution in [0.2, 0.25) is 0 Å². The lowest BCUT2D eigenvalue weighted by atomic mass is 9.87. The molecule has 150 valence electrons. The van der Waals surface area contributed by atoms with E-state index in [1.54, 1.807) is 12.1 Å². The molecule has 3 rings (SSSR count). The number of nitrogens with zero attached hydrogens (tertiary/aromatic N) is 2. The van der Waals surface area contributed by atoms with Crippen LogP contribution >= 0.6 is 0 Å². The third-order valence-electron chi connectivity index (χ3n) is 5.16. The zero-order chi connectivity index (χ0) is 20.3. The smallest absolute Gasteiger partial charge is 0.242 e. The fourth-order valence-electron chi connectivity index (χ4n) is 3.67. The van der Waals surface area contributed by atoms with Crippen molar-refractivity contribution in [1.29, 1.82) is 0 Å². The van der Waals surface area contributed by atoms with Gasteiger partial charge in [0.1, 0.15) is 0 Å². The van der Waals surface area contributed by atoms with Crippen molar-refractivity contribution in [2.45, 2.75) is 30.2 Å². The number of nitrogens with one attached hydrogen (secondary N) is 1. The number of fused-ring (bicyclic) bond motifs is 1. The summed E-state index contributed by atoms with van der Waals surface area (Å²) in [6, 6.07) is 15.0. The Labute approximate surface area is 167 Å². The summed E-state index contributed by atoms with van der Waals surface area (Å²) in [6.07, 6.45) is 3.22. The van der Waals surface area contributed by atoms with E-state index in [1.165, 1.54) is 37.4 Å². The van der Waals surface area contributed by atoms with Crippen LogP contribution in [0.3, 0.4) is 0 Å². The van der Waals surface area contributed by atoms with Gasteiger partial charge in [-0.3, -0.25) is 9.69 Å². The van der Waals surface area contributed by atoms with Gasteiger partial charge in [0.05, 0.1) is 11.4 Å². The van der Waals surface area contributed by atoms with Crippen molar-refractivity contribution in [2.24, 2.45) is 0 Å². The molecule has 2 aromatic carbocycles. The Morgan fingerprint density at radius 2 is 1.86 bits per heavy atom. The van der Waals surface area contributed by atoms with Crippen LogP contribution in [0.1, 0.15) is 30.0 Å². The maximum Gasteiger partial charge on any atom is 0.242 e. The maximum atomic E-state index is 12.6. The Balaban J connectivity index is 1.68. The molecule has 28 heavy (non-hydrogen) atoms. The van der Waals surface area contributed by atoms with Crippen LogP contribution in [0, 0.1) is 0 Å². The van der Waals surface area contributed by atoms with E-state index in [9.17, 15) is 13.2 Å². The van der Waals surface area contributed by atoms with Gasteiger partial charge in [0.15, 0.2) is 0 Å². The summed E-state index contributed by atoms with van der Waals surface area (Å²) in [6.45, 7) is 0.240. The topological polar surface area (TPSA) is 69.7 Å². The molecule has 1 amide bonds. The number of hydrogen-bond donors (Lipinski definition) is 1. The number of anilines is 1. The standard InChI is InChI=1S/C21H27N3O3S/c1-23(2)28(26,27)18-11-7-10-17(14-18)22-21(25)15-24(3)20-13-6-9-16-8-4-5-12-19(16)20/h4-5,7-8,10-12,14,20H,6,9,13,15H2,1-3H3,(H,22,25)/t20-/m1/s1. The Morgan fingerprint density at radius 3 is 2.61 bits per heavy atom. The molecule has 1 aliphatic rings. The van der Waals surface area contributed by atoms with Crippen molar-refractivity contribution in [3.05, 3.63) is 59.7 Å². The highest BCUT2D eigenvalue weighted by atomic mass is 32.2. The highest BCUT2D eigenvalue weighted by Crippen LogP contribution is 2.33. The van der Waals surface area contributed by atoms with Crippen LogP contribution in [0.4, 0.5) is 5.69 Å². The molecule has 0 fully saturated rings. The van der Waals surface area contributed by atoms with Gasteiger partial charge in [-0.2, -0.15) is 0 Å². The van der Waals surface area contributed by atoms with Gasteiger partial charge < -0.3 is 5.32 Å². The van der Waals surface area contributed by atoms with Gasteiger partial charge in [-0.15, -0.1) is 0 Å². The fourth-order valence-corrected chi connectivity index (χ4v) is 4.62. The first-order valence-corrected chi connectivity index (χ1v) is 10.8. The normalized spacial score (nSPS) is 16.8. The number of aryl methyl sites for hydroxylation is 1. The molecule has 6 nitrogen and oxygen atoms in total. The van der Waals surface area contributed by atoms with E-state index in [2.05, 4.69) is 28.4 Å². The second kappa shape index (κ2) is 8.43. The summed E-state index contributed by atoms with van der Waals surface area (Å²) in [5, 5.41) is 2.82. The molecule has 1 atom stereocenters. The van der Waals surface area contributed by atoms with Crippen molar-refractivity contribution in [2.75, 3.05) is 33.0 Å². The Morgan fingerprint density at radius 1 is 1.11 bits per heavy atom. The molecule has 0 aromatic heterocycles. The minimum atomic E-state index is -3.54. The van der Waals surface area contributed by atoms with Gasteiger partial charge >= 0.3 is 0 Å². The second-order valence-electron chi connectivity index (χ2n) is 7.39. The average molecular weight is 402 g/mol. The zero-order valence-electron chi connectivity index (χ0n) is 16.6. The summed E-state index contributed by atoms with van der Waals surface area (Å²) in [4.78, 5) is 14.8. The summed E-state index contributed by atoms with van der Waals surface area (Å²) >= 11 is 0. The summed E-state index contributed by atoms with van der Waals surface area (Å²) in [5.41, 5.74) is 3.13. The zero-order valence-corrected chi connectivity index (χ0v) is 17.4. The molecular formula is C21H27N3O3S. The van der Waals surface area contributed by atoms with Crippen molar-refractivity contribution in [3.63, 3.8) is 0 Å². The Kier molecular flexibility index (Phi) is 6.17. The minimum Gasteiger partial charge on any atom is -0.325 e. The third kappa shape index (κ3) is 4.43. The lowest BCUT2D eigenvalue weighted by Gasteiger charge is -2.32. The molecule has 7 heteroatoms. The molecular weight excluding hydrogens is 374 g/mol. The lowest BCUT2D eigenvalue weighted by molar-refractivity contribution is -0.117. The van der Waals surface area contributed by atoms with E-state index in [-0.39, 0.29) is 23.4 Å². The van der Waals surface area contributed by atoms with E-state index in [1.807, 2.05) is 13.1 Å². The number of sulfonamides is 1. The SMILES string of the molecule is CN(CC(=O)Nc1cccc(S(=O)(=O)N(C)C)c1)[C@@H]1CCCc2ccccc21. The average Bonchev–Trinajstić information content (AvgIpc) is 2.67. The molecule has 0 spiro atoms. The van der Waals surface area contributed by atoms with E-state index in [0.717, 1.165) is 23.6 Å². The highest BCUT2D eigenvalue weighted by Gasteiger charge is 2.25. The first-order chi connectivity index (χ1) is 13.3. The second-order valence-corrected chi connectivity index (χ2v) is 9.54. The predicted octanol–water partition coefficient (Wildman–Crippen LogP) is 2.88. The Bertz CT molecular complexity index is 957. The van der Waals surface area contributed by atoms with Gasteiger partial charge in [0, 0.05) is 25.8 Å². The van der Waals surface area contributed by atoms with Crippen molar-refractivity contribution in [1.82, 2.24) is 9.21 Å². The van der Waals surface area contributed by atoms with Crippen LogP contribution in [0.25, 0.3) is 0 Å².